The predicted molar refractivity (Wildman–Crippen MR) is 93.6 cm³/mol. The largest absolute Gasteiger partial charge is 0.493 e. The van der Waals surface area contributed by atoms with Crippen molar-refractivity contribution in [2.24, 2.45) is 11.7 Å². The van der Waals surface area contributed by atoms with Gasteiger partial charge in [0.1, 0.15) is 0 Å². The van der Waals surface area contributed by atoms with Gasteiger partial charge in [-0.25, -0.2) is 0 Å². The molecule has 0 aromatic heterocycles. The summed E-state index contributed by atoms with van der Waals surface area (Å²) in [5.74, 6) is -0.261. The van der Waals surface area contributed by atoms with E-state index in [4.69, 9.17) is 10.5 Å². The van der Waals surface area contributed by atoms with Crippen LogP contribution in [0.5, 0.6) is 11.5 Å². The van der Waals surface area contributed by atoms with Gasteiger partial charge in [-0.05, 0) is 17.7 Å². The lowest BCUT2D eigenvalue weighted by Crippen LogP contribution is -3.14. The molecule has 2 rings (SSSR count). The molecule has 1 aromatic rings. The highest BCUT2D eigenvalue weighted by molar-refractivity contribution is 5.77. The molecule has 1 fully saturated rings. The number of likely N-dealkylation sites (N-methyl/N-ethyl adjacent to an activating group) is 1. The number of rotatable bonds is 8. The maximum atomic E-state index is 12.5. The van der Waals surface area contributed by atoms with Crippen molar-refractivity contribution in [1.29, 1.82) is 0 Å². The highest BCUT2D eigenvalue weighted by atomic mass is 19.3. The maximum Gasteiger partial charge on any atom is 0.387 e. The summed E-state index contributed by atoms with van der Waals surface area (Å²) >= 11 is 0. The van der Waals surface area contributed by atoms with Crippen LogP contribution >= 0.6 is 0 Å². The molecule has 0 radical (unpaired) electrons. The molecule has 1 aliphatic heterocycles. The van der Waals surface area contributed by atoms with Gasteiger partial charge in [0.2, 0.25) is 5.91 Å². The Bertz CT molecular complexity index is 664. The van der Waals surface area contributed by atoms with Crippen molar-refractivity contribution in [1.82, 2.24) is 4.90 Å². The number of benzene rings is 1. The minimum absolute atomic E-state index is 0.0330. The molecular formula is C18H26F2N3O4+. The number of nitrogens with one attached hydrogen (secondary N) is 1. The number of nitrogens with two attached hydrogens (primary N) is 1. The SMILES string of the molecule is COc1cc(CN(C)C(=O)C[NH+]2CCC(C(N)=O)CC2)ccc1OC(F)F. The third-order valence-corrected chi connectivity index (χ3v) is 4.79. The lowest BCUT2D eigenvalue weighted by molar-refractivity contribution is -0.898. The second-order valence-electron chi connectivity index (χ2n) is 6.72. The average molecular weight is 386 g/mol. The average Bonchev–Trinajstić information content (AvgIpc) is 2.62. The zero-order valence-electron chi connectivity index (χ0n) is 15.5. The molecule has 0 saturated carbocycles. The summed E-state index contributed by atoms with van der Waals surface area (Å²) in [5, 5.41) is 0. The molecule has 1 aromatic carbocycles. The van der Waals surface area contributed by atoms with Gasteiger partial charge in [-0.1, -0.05) is 6.07 Å². The summed E-state index contributed by atoms with van der Waals surface area (Å²) in [4.78, 5) is 26.4. The zero-order chi connectivity index (χ0) is 20.0. The molecule has 0 aliphatic carbocycles. The molecule has 0 spiro atoms. The van der Waals surface area contributed by atoms with Gasteiger partial charge in [0.25, 0.3) is 5.91 Å². The predicted octanol–water partition coefficient (Wildman–Crippen LogP) is 0.0352. The van der Waals surface area contributed by atoms with Gasteiger partial charge in [0.05, 0.1) is 20.2 Å². The van der Waals surface area contributed by atoms with Gasteiger partial charge in [-0.3, -0.25) is 9.59 Å². The van der Waals surface area contributed by atoms with E-state index in [0.29, 0.717) is 25.9 Å². The number of alkyl halides is 2. The summed E-state index contributed by atoms with van der Waals surface area (Å²) in [6, 6.07) is 4.60. The molecule has 7 nitrogen and oxygen atoms in total. The fraction of sp³-hybridized carbons (Fsp3) is 0.556. The molecule has 2 amide bonds. The molecule has 0 bridgehead atoms. The van der Waals surface area contributed by atoms with Gasteiger partial charge in [-0.15, -0.1) is 0 Å². The van der Waals surface area contributed by atoms with Gasteiger partial charge < -0.3 is 25.0 Å². The van der Waals surface area contributed by atoms with Crippen molar-refractivity contribution in [3.05, 3.63) is 23.8 Å². The first-order valence-electron chi connectivity index (χ1n) is 8.78. The van der Waals surface area contributed by atoms with Crippen LogP contribution in [0.1, 0.15) is 18.4 Å². The van der Waals surface area contributed by atoms with E-state index < -0.39 is 6.61 Å². The first-order valence-corrected chi connectivity index (χ1v) is 8.78. The number of piperidine rings is 1. The number of hydrogen-bond donors (Lipinski definition) is 2. The molecule has 0 unspecified atom stereocenters. The van der Waals surface area contributed by atoms with Crippen LogP contribution in [-0.4, -0.2) is 57.1 Å². The van der Waals surface area contributed by atoms with Gasteiger partial charge in [-0.2, -0.15) is 8.78 Å². The zero-order valence-corrected chi connectivity index (χ0v) is 15.5. The van der Waals surface area contributed by atoms with Crippen LogP contribution in [0.25, 0.3) is 0 Å². The van der Waals surface area contributed by atoms with E-state index in [1.54, 1.807) is 24.1 Å². The fourth-order valence-corrected chi connectivity index (χ4v) is 3.20. The van der Waals surface area contributed by atoms with Crippen LogP contribution in [0.2, 0.25) is 0 Å². The van der Waals surface area contributed by atoms with Crippen LogP contribution in [-0.2, 0) is 16.1 Å². The Morgan fingerprint density at radius 1 is 1.30 bits per heavy atom. The van der Waals surface area contributed by atoms with Crippen LogP contribution in [0, 0.1) is 5.92 Å². The monoisotopic (exact) mass is 386 g/mol. The standard InChI is InChI=1S/C18H25F2N3O4/c1-22(16(24)11-23-7-5-13(6-8-23)17(21)25)10-12-3-4-14(27-18(19)20)15(9-12)26-2/h3-4,9,13,18H,5-8,10-11H2,1-2H3,(H2,21,25)/p+1. The topological polar surface area (TPSA) is 86.3 Å². The number of methoxy groups -OCH3 is 1. The Hall–Kier alpha value is -2.42. The second-order valence-corrected chi connectivity index (χ2v) is 6.72. The number of halogens is 2. The summed E-state index contributed by atoms with van der Waals surface area (Å²) in [6.07, 6.45) is 1.40. The minimum Gasteiger partial charge on any atom is -0.493 e. The number of nitrogens with zero attached hydrogens (tertiary/aromatic N) is 1. The first-order chi connectivity index (χ1) is 12.8. The third kappa shape index (κ3) is 6.06. The number of carbonyl (C=O) groups excluding carboxylic acids is 2. The van der Waals surface area contributed by atoms with E-state index in [0.717, 1.165) is 23.6 Å². The molecule has 1 saturated heterocycles. The van der Waals surface area contributed by atoms with E-state index in [2.05, 4.69) is 4.74 Å². The van der Waals surface area contributed by atoms with Crippen molar-refractivity contribution >= 4 is 11.8 Å². The van der Waals surface area contributed by atoms with Crippen molar-refractivity contribution in [2.75, 3.05) is 33.8 Å². The number of carbonyl (C=O) groups is 2. The molecule has 1 aliphatic rings. The van der Waals surface area contributed by atoms with E-state index in [1.165, 1.54) is 13.2 Å². The Kier molecular flexibility index (Phi) is 7.35. The van der Waals surface area contributed by atoms with E-state index in [-0.39, 0.29) is 29.2 Å². The van der Waals surface area contributed by atoms with E-state index >= 15 is 0 Å². The van der Waals surface area contributed by atoms with Crippen molar-refractivity contribution in [3.63, 3.8) is 0 Å². The summed E-state index contributed by atoms with van der Waals surface area (Å²) in [6.45, 7) is -0.801. The molecule has 9 heteroatoms. The Balaban J connectivity index is 1.89. The highest BCUT2D eigenvalue weighted by Crippen LogP contribution is 2.29. The lowest BCUT2D eigenvalue weighted by atomic mass is 9.96. The van der Waals surface area contributed by atoms with Gasteiger partial charge in [0.15, 0.2) is 18.0 Å². The van der Waals surface area contributed by atoms with E-state index in [9.17, 15) is 18.4 Å². The molecule has 0 atom stereocenters. The Labute approximate surface area is 157 Å². The number of quaternary nitrogens is 1. The quantitative estimate of drug-likeness (QED) is 0.660. The van der Waals surface area contributed by atoms with E-state index in [1.807, 2.05) is 0 Å². The van der Waals surface area contributed by atoms with Crippen LogP contribution in [0.4, 0.5) is 8.78 Å². The molecule has 27 heavy (non-hydrogen) atoms. The number of amides is 2. The summed E-state index contributed by atoms with van der Waals surface area (Å²) in [5.41, 5.74) is 6.07. The minimum atomic E-state index is -2.93. The Morgan fingerprint density at radius 2 is 1.96 bits per heavy atom. The highest BCUT2D eigenvalue weighted by Gasteiger charge is 2.27. The number of hydrogen-bond acceptors (Lipinski definition) is 4. The maximum absolute atomic E-state index is 12.5. The molecule has 150 valence electrons. The van der Waals surface area contributed by atoms with Crippen molar-refractivity contribution in [2.45, 2.75) is 26.0 Å². The van der Waals surface area contributed by atoms with Crippen LogP contribution in [0.3, 0.4) is 0 Å². The van der Waals surface area contributed by atoms with Crippen molar-refractivity contribution in [3.8, 4) is 11.5 Å². The van der Waals surface area contributed by atoms with Crippen LogP contribution < -0.4 is 20.1 Å². The smallest absolute Gasteiger partial charge is 0.387 e. The number of likely N-dealkylation sites (tertiary alicyclic amines) is 1. The molecular weight excluding hydrogens is 360 g/mol. The van der Waals surface area contributed by atoms with Gasteiger partial charge in [0, 0.05) is 32.4 Å². The summed E-state index contributed by atoms with van der Waals surface area (Å²) < 4.78 is 34.2. The van der Waals surface area contributed by atoms with Gasteiger partial charge >= 0.3 is 6.61 Å². The first kappa shape index (κ1) is 20.9. The van der Waals surface area contributed by atoms with Crippen LogP contribution in [0.15, 0.2) is 18.2 Å². The Morgan fingerprint density at radius 3 is 2.52 bits per heavy atom. The van der Waals surface area contributed by atoms with Crippen molar-refractivity contribution < 1.29 is 32.7 Å². The lowest BCUT2D eigenvalue weighted by Gasteiger charge is -2.28. The normalized spacial score (nSPS) is 19.6. The molecule has 1 heterocycles. The second kappa shape index (κ2) is 9.50. The third-order valence-electron chi connectivity index (χ3n) is 4.79. The fourth-order valence-electron chi connectivity index (χ4n) is 3.20. The summed E-state index contributed by atoms with van der Waals surface area (Å²) in [7, 11) is 3.05. The number of ether oxygens (including phenoxy) is 2. The number of primary amides is 1. The molecule has 3 N–H and O–H groups in total.